The van der Waals surface area contributed by atoms with Gasteiger partial charge in [0.25, 0.3) is 0 Å². The molecule has 2 heterocycles. The molecule has 0 aliphatic rings. The van der Waals surface area contributed by atoms with Crippen LogP contribution in [0.2, 0.25) is 0 Å². The quantitative estimate of drug-likeness (QED) is 0.768. The van der Waals surface area contributed by atoms with Crippen molar-refractivity contribution in [3.8, 4) is 0 Å². The number of nitrogens with two attached hydrogens (primary N) is 1. The summed E-state index contributed by atoms with van der Waals surface area (Å²) < 4.78 is 16.5. The Balaban J connectivity index is 2.12. The first kappa shape index (κ1) is 12.6. The number of hydrogen-bond acceptors (Lipinski definition) is 3. The molecule has 3 rings (SSSR count). The van der Waals surface area contributed by atoms with Gasteiger partial charge in [-0.3, -0.25) is 0 Å². The van der Waals surface area contributed by atoms with E-state index >= 15 is 0 Å². The van der Waals surface area contributed by atoms with Gasteiger partial charge in [0.05, 0.1) is 21.4 Å². The van der Waals surface area contributed by atoms with Crippen molar-refractivity contribution in [1.82, 2.24) is 9.55 Å². The highest BCUT2D eigenvalue weighted by atomic mass is 79.9. The summed E-state index contributed by atoms with van der Waals surface area (Å²) in [5.74, 6) is 0.153. The third-order valence-corrected chi connectivity index (χ3v) is 4.61. The molecule has 0 amide bonds. The smallest absolute Gasteiger partial charge is 0.201 e. The Morgan fingerprint density at radius 3 is 2.89 bits per heavy atom. The zero-order valence-electron chi connectivity index (χ0n) is 10.2. The average molecular weight is 340 g/mol. The van der Waals surface area contributed by atoms with Crippen LogP contribution in [0.3, 0.4) is 0 Å². The normalized spacial score (nSPS) is 11.3. The molecule has 0 aliphatic carbocycles. The van der Waals surface area contributed by atoms with E-state index < -0.39 is 0 Å². The molecule has 2 aromatic heterocycles. The number of aromatic nitrogens is 2. The summed E-state index contributed by atoms with van der Waals surface area (Å²) in [6.07, 6.45) is 0. The van der Waals surface area contributed by atoms with Crippen LogP contribution in [0.4, 0.5) is 10.3 Å². The number of anilines is 1. The molecule has 0 atom stereocenters. The van der Waals surface area contributed by atoms with E-state index in [-0.39, 0.29) is 5.82 Å². The van der Waals surface area contributed by atoms with Crippen LogP contribution < -0.4 is 5.73 Å². The third kappa shape index (κ3) is 2.26. The number of nitrogen functional groups attached to an aromatic ring is 1. The van der Waals surface area contributed by atoms with Gasteiger partial charge in [-0.2, -0.15) is 0 Å². The molecule has 98 valence electrons. The number of imidazole rings is 1. The molecule has 19 heavy (non-hydrogen) atoms. The van der Waals surface area contributed by atoms with Crippen molar-refractivity contribution >= 4 is 44.2 Å². The van der Waals surface area contributed by atoms with Crippen LogP contribution in [0.5, 0.6) is 0 Å². The predicted molar refractivity (Wildman–Crippen MR) is 80.0 cm³/mol. The minimum Gasteiger partial charge on any atom is -0.369 e. The lowest BCUT2D eigenvalue weighted by Crippen LogP contribution is -2.03. The maximum atomic E-state index is 13.5. The lowest BCUT2D eigenvalue weighted by molar-refractivity contribution is 0.620. The van der Waals surface area contributed by atoms with E-state index in [2.05, 4.69) is 20.9 Å². The van der Waals surface area contributed by atoms with E-state index in [1.807, 2.05) is 16.7 Å². The molecular formula is C13H11BrFN3S. The summed E-state index contributed by atoms with van der Waals surface area (Å²) >= 11 is 5.09. The number of fused-ring (bicyclic) bond motifs is 1. The van der Waals surface area contributed by atoms with Gasteiger partial charge in [0, 0.05) is 10.9 Å². The van der Waals surface area contributed by atoms with Crippen LogP contribution in [0, 0.1) is 12.7 Å². The molecule has 0 fully saturated rings. The van der Waals surface area contributed by atoms with Gasteiger partial charge in [-0.25, -0.2) is 9.37 Å². The molecule has 3 aromatic rings. The molecule has 6 heteroatoms. The van der Waals surface area contributed by atoms with Crippen LogP contribution in [0.25, 0.3) is 11.0 Å². The molecule has 1 aromatic carbocycles. The second-order valence-corrected chi connectivity index (χ2v) is 6.90. The fourth-order valence-electron chi connectivity index (χ4n) is 2.03. The topological polar surface area (TPSA) is 43.8 Å². The second-order valence-electron chi connectivity index (χ2n) is 4.35. The van der Waals surface area contributed by atoms with E-state index in [0.717, 1.165) is 9.30 Å². The van der Waals surface area contributed by atoms with Crippen LogP contribution >= 0.6 is 27.3 Å². The maximum absolute atomic E-state index is 13.5. The first-order valence-electron chi connectivity index (χ1n) is 5.70. The van der Waals surface area contributed by atoms with E-state index in [4.69, 9.17) is 5.73 Å². The first-order valence-corrected chi connectivity index (χ1v) is 7.31. The monoisotopic (exact) mass is 339 g/mol. The second kappa shape index (κ2) is 4.61. The molecule has 0 spiro atoms. The fourth-order valence-corrected chi connectivity index (χ4v) is 3.50. The largest absolute Gasteiger partial charge is 0.369 e. The molecule has 0 radical (unpaired) electrons. The SMILES string of the molecule is Cc1cc2c(cc1F)nc(N)n2Cc1ccc(Br)s1. The van der Waals surface area contributed by atoms with Gasteiger partial charge in [0.2, 0.25) is 5.95 Å². The number of benzene rings is 1. The molecule has 0 unspecified atom stereocenters. The molecule has 0 saturated carbocycles. The summed E-state index contributed by atoms with van der Waals surface area (Å²) in [5.41, 5.74) is 7.98. The summed E-state index contributed by atoms with van der Waals surface area (Å²) in [6, 6.07) is 7.26. The van der Waals surface area contributed by atoms with E-state index in [0.29, 0.717) is 23.6 Å². The van der Waals surface area contributed by atoms with Gasteiger partial charge in [-0.1, -0.05) is 0 Å². The molecule has 0 bridgehead atoms. The van der Waals surface area contributed by atoms with Crippen molar-refractivity contribution in [2.75, 3.05) is 5.73 Å². The Kier molecular flexibility index (Phi) is 3.06. The Bertz CT molecular complexity index is 763. The van der Waals surface area contributed by atoms with Gasteiger partial charge >= 0.3 is 0 Å². The van der Waals surface area contributed by atoms with Crippen LogP contribution in [0.15, 0.2) is 28.1 Å². The lowest BCUT2D eigenvalue weighted by atomic mass is 10.2. The molecule has 0 aliphatic heterocycles. The Morgan fingerprint density at radius 2 is 2.21 bits per heavy atom. The molecule has 0 saturated heterocycles. The van der Waals surface area contributed by atoms with Gasteiger partial charge in [-0.15, -0.1) is 11.3 Å². The standard InChI is InChI=1S/C13H11BrFN3S/c1-7-4-11-10(5-9(7)15)17-13(16)18(11)6-8-2-3-12(14)19-8/h2-5H,6H2,1H3,(H2,16,17). The van der Waals surface area contributed by atoms with E-state index in [9.17, 15) is 4.39 Å². The highest BCUT2D eigenvalue weighted by Crippen LogP contribution is 2.26. The van der Waals surface area contributed by atoms with E-state index in [1.165, 1.54) is 10.9 Å². The number of hydrogen-bond donors (Lipinski definition) is 1. The van der Waals surface area contributed by atoms with Gasteiger partial charge < -0.3 is 10.3 Å². The molecule has 3 nitrogen and oxygen atoms in total. The summed E-state index contributed by atoms with van der Waals surface area (Å²) in [6.45, 7) is 2.38. The van der Waals surface area contributed by atoms with Crippen molar-refractivity contribution in [2.45, 2.75) is 13.5 Å². The average Bonchev–Trinajstić information content (AvgIpc) is 2.87. The number of thiophene rings is 1. The van der Waals surface area contributed by atoms with Gasteiger partial charge in [0.1, 0.15) is 5.82 Å². The van der Waals surface area contributed by atoms with Crippen LogP contribution in [-0.2, 0) is 6.54 Å². The van der Waals surface area contributed by atoms with E-state index in [1.54, 1.807) is 24.3 Å². The summed E-state index contributed by atoms with van der Waals surface area (Å²) in [4.78, 5) is 5.38. The summed E-state index contributed by atoms with van der Waals surface area (Å²) in [7, 11) is 0. The van der Waals surface area contributed by atoms with Crippen molar-refractivity contribution < 1.29 is 4.39 Å². The zero-order valence-corrected chi connectivity index (χ0v) is 12.6. The van der Waals surface area contributed by atoms with Crippen LogP contribution in [-0.4, -0.2) is 9.55 Å². The van der Waals surface area contributed by atoms with Crippen molar-refractivity contribution in [1.29, 1.82) is 0 Å². The Hall–Kier alpha value is -1.40. The molecular weight excluding hydrogens is 329 g/mol. The highest BCUT2D eigenvalue weighted by molar-refractivity contribution is 9.11. The lowest BCUT2D eigenvalue weighted by Gasteiger charge is -2.05. The van der Waals surface area contributed by atoms with Crippen molar-refractivity contribution in [3.05, 3.63) is 44.3 Å². The maximum Gasteiger partial charge on any atom is 0.201 e. The number of nitrogens with zero attached hydrogens (tertiary/aromatic N) is 2. The zero-order chi connectivity index (χ0) is 13.6. The number of aryl methyl sites for hydroxylation is 1. The van der Waals surface area contributed by atoms with Gasteiger partial charge in [0.15, 0.2) is 0 Å². The fraction of sp³-hybridized carbons (Fsp3) is 0.154. The predicted octanol–water partition coefficient (Wildman–Crippen LogP) is 3.94. The van der Waals surface area contributed by atoms with Crippen molar-refractivity contribution in [2.24, 2.45) is 0 Å². The van der Waals surface area contributed by atoms with Crippen molar-refractivity contribution in [3.63, 3.8) is 0 Å². The number of rotatable bonds is 2. The third-order valence-electron chi connectivity index (χ3n) is 3.00. The van der Waals surface area contributed by atoms with Gasteiger partial charge in [-0.05, 0) is 46.6 Å². The molecule has 2 N–H and O–H groups in total. The minimum atomic E-state index is -0.254. The minimum absolute atomic E-state index is 0.254. The Morgan fingerprint density at radius 1 is 1.42 bits per heavy atom. The highest BCUT2D eigenvalue weighted by Gasteiger charge is 2.12. The number of halogens is 2. The first-order chi connectivity index (χ1) is 9.04. The summed E-state index contributed by atoms with van der Waals surface area (Å²) in [5, 5.41) is 0. The Labute approximate surface area is 122 Å². The van der Waals surface area contributed by atoms with Crippen LogP contribution in [0.1, 0.15) is 10.4 Å².